The van der Waals surface area contributed by atoms with Gasteiger partial charge in [0.1, 0.15) is 0 Å². The van der Waals surface area contributed by atoms with Crippen LogP contribution in [0.15, 0.2) is 47.6 Å². The lowest BCUT2D eigenvalue weighted by atomic mass is 10.1. The Bertz CT molecular complexity index is 314. The highest BCUT2D eigenvalue weighted by Gasteiger charge is 2.05. The van der Waals surface area contributed by atoms with E-state index in [1.54, 1.807) is 0 Å². The molecule has 0 rings (SSSR count). The average Bonchev–Trinajstić information content (AvgIpc) is 2.45. The third-order valence-electron chi connectivity index (χ3n) is 3.08. The molecule has 0 saturated heterocycles. The molecule has 0 radical (unpaired) electrons. The molecule has 0 bridgehead atoms. The molecule has 0 aliphatic rings. The van der Waals surface area contributed by atoms with Gasteiger partial charge in [-0.2, -0.15) is 0 Å². The molecule has 0 aromatic carbocycles. The van der Waals surface area contributed by atoms with Gasteiger partial charge in [-0.25, -0.2) is 0 Å². The molecule has 0 heterocycles. The molecular formula is C18H30O2. The summed E-state index contributed by atoms with van der Waals surface area (Å²) in [5, 5.41) is 9.88. The van der Waals surface area contributed by atoms with Crippen molar-refractivity contribution in [2.24, 2.45) is 0 Å². The maximum Gasteiger partial charge on any atom is 0.0774 e. The van der Waals surface area contributed by atoms with Crippen molar-refractivity contribution < 1.29 is 9.84 Å². The lowest BCUT2D eigenvalue weighted by Crippen LogP contribution is -2.16. The predicted octanol–water partition coefficient (Wildman–Crippen LogP) is 4.58. The van der Waals surface area contributed by atoms with E-state index in [1.165, 1.54) is 5.57 Å². The number of hydrogen-bond donors (Lipinski definition) is 1. The molecule has 1 N–H and O–H groups in total. The number of ether oxygens (including phenoxy) is 1. The van der Waals surface area contributed by atoms with Crippen LogP contribution in [0.1, 0.15) is 47.0 Å². The maximum absolute atomic E-state index is 9.88. The van der Waals surface area contributed by atoms with Crippen molar-refractivity contribution in [3.8, 4) is 0 Å². The minimum absolute atomic E-state index is 0.373. The number of aliphatic hydroxyl groups is 1. The van der Waals surface area contributed by atoms with Crippen LogP contribution in [-0.4, -0.2) is 24.4 Å². The van der Waals surface area contributed by atoms with Crippen molar-refractivity contribution in [1.82, 2.24) is 0 Å². The van der Waals surface area contributed by atoms with E-state index in [4.69, 9.17) is 4.74 Å². The second kappa shape index (κ2) is 12.9. The highest BCUT2D eigenvalue weighted by atomic mass is 16.5. The normalized spacial score (nSPS) is 15.4. The first-order valence-electron chi connectivity index (χ1n) is 7.49. The molecule has 0 saturated carbocycles. The molecule has 114 valence electrons. The fourth-order valence-corrected chi connectivity index (χ4v) is 1.92. The third kappa shape index (κ3) is 9.76. The van der Waals surface area contributed by atoms with Crippen LogP contribution in [0.25, 0.3) is 0 Å². The molecule has 2 nitrogen and oxygen atoms in total. The number of aliphatic hydroxyl groups excluding tert-OH is 1. The van der Waals surface area contributed by atoms with Crippen molar-refractivity contribution in [2.45, 2.75) is 53.1 Å². The molecule has 0 fully saturated rings. The first kappa shape index (κ1) is 18.9. The van der Waals surface area contributed by atoms with Gasteiger partial charge in [-0.05, 0) is 52.5 Å². The Morgan fingerprint density at radius 2 is 1.60 bits per heavy atom. The Labute approximate surface area is 124 Å². The lowest BCUT2D eigenvalue weighted by molar-refractivity contribution is 0.0418. The number of allylic oxidation sites excluding steroid dienone is 6. The van der Waals surface area contributed by atoms with Crippen molar-refractivity contribution in [3.05, 3.63) is 47.6 Å². The van der Waals surface area contributed by atoms with Gasteiger partial charge in [-0.1, -0.05) is 42.0 Å². The van der Waals surface area contributed by atoms with Gasteiger partial charge in [0.2, 0.25) is 0 Å². The molecule has 2 heteroatoms. The van der Waals surface area contributed by atoms with Gasteiger partial charge < -0.3 is 9.84 Å². The zero-order valence-electron chi connectivity index (χ0n) is 13.4. The summed E-state index contributed by atoms with van der Waals surface area (Å²) in [6, 6.07) is 0. The number of hydrogen-bond acceptors (Lipinski definition) is 2. The smallest absolute Gasteiger partial charge is 0.0774 e. The summed E-state index contributed by atoms with van der Waals surface area (Å²) < 4.78 is 5.53. The Balaban J connectivity index is 3.82. The van der Waals surface area contributed by atoms with E-state index in [2.05, 4.69) is 25.2 Å². The Hall–Kier alpha value is -1.12. The van der Waals surface area contributed by atoms with E-state index >= 15 is 0 Å². The van der Waals surface area contributed by atoms with Crippen LogP contribution in [0.2, 0.25) is 0 Å². The van der Waals surface area contributed by atoms with Gasteiger partial charge in [0.15, 0.2) is 0 Å². The molecule has 0 aliphatic heterocycles. The van der Waals surface area contributed by atoms with Crippen LogP contribution >= 0.6 is 0 Å². The highest BCUT2D eigenvalue weighted by Crippen LogP contribution is 2.11. The number of rotatable bonds is 10. The van der Waals surface area contributed by atoms with Gasteiger partial charge in [0, 0.05) is 0 Å². The Morgan fingerprint density at radius 1 is 1.00 bits per heavy atom. The summed E-state index contributed by atoms with van der Waals surface area (Å²) in [7, 11) is 0. The lowest BCUT2D eigenvalue weighted by Gasteiger charge is -2.11. The largest absolute Gasteiger partial charge is 0.391 e. The van der Waals surface area contributed by atoms with E-state index in [0.717, 1.165) is 24.8 Å². The minimum Gasteiger partial charge on any atom is -0.391 e. The molecule has 20 heavy (non-hydrogen) atoms. The van der Waals surface area contributed by atoms with Crippen LogP contribution in [0.3, 0.4) is 0 Å². The van der Waals surface area contributed by atoms with Crippen LogP contribution in [0, 0.1) is 0 Å². The average molecular weight is 278 g/mol. The Kier molecular flexibility index (Phi) is 12.2. The summed E-state index contributed by atoms with van der Waals surface area (Å²) in [6.07, 6.45) is 14.8. The molecule has 0 aromatic heterocycles. The fourth-order valence-electron chi connectivity index (χ4n) is 1.92. The van der Waals surface area contributed by atoms with Gasteiger partial charge in [0.05, 0.1) is 19.3 Å². The van der Waals surface area contributed by atoms with Crippen LogP contribution in [0.5, 0.6) is 0 Å². The maximum atomic E-state index is 9.88. The second-order valence-electron chi connectivity index (χ2n) is 4.79. The Morgan fingerprint density at radius 3 is 2.15 bits per heavy atom. The fraction of sp³-hybridized carbons (Fsp3) is 0.556. The summed E-state index contributed by atoms with van der Waals surface area (Å²) in [5.74, 6) is 0. The van der Waals surface area contributed by atoms with Crippen LogP contribution in [-0.2, 0) is 4.74 Å². The first-order valence-corrected chi connectivity index (χ1v) is 7.49. The molecule has 1 atom stereocenters. The van der Waals surface area contributed by atoms with Crippen molar-refractivity contribution >= 4 is 0 Å². The standard InChI is InChI=1S/C18H30O2/c1-5-10-16(7-3)12-9-13-18(19)15-20-14-17(8-4)11-6-2/h5-8,10-11,18-19H,9,12-15H2,1-4H3/b10-5-,11-6-,16-7+,17-8+. The van der Waals surface area contributed by atoms with Crippen molar-refractivity contribution in [1.29, 1.82) is 0 Å². The van der Waals surface area contributed by atoms with E-state index < -0.39 is 0 Å². The van der Waals surface area contributed by atoms with Crippen LogP contribution in [0.4, 0.5) is 0 Å². The summed E-state index contributed by atoms with van der Waals surface area (Å²) in [4.78, 5) is 0. The van der Waals surface area contributed by atoms with E-state index in [-0.39, 0.29) is 6.10 Å². The summed E-state index contributed by atoms with van der Waals surface area (Å²) in [5.41, 5.74) is 2.47. The van der Waals surface area contributed by atoms with Gasteiger partial charge in [-0.15, -0.1) is 0 Å². The zero-order valence-corrected chi connectivity index (χ0v) is 13.4. The monoisotopic (exact) mass is 278 g/mol. The zero-order chi connectivity index (χ0) is 15.2. The highest BCUT2D eigenvalue weighted by molar-refractivity contribution is 5.17. The first-order chi connectivity index (χ1) is 9.67. The second-order valence-corrected chi connectivity index (χ2v) is 4.79. The molecule has 0 spiro atoms. The van der Waals surface area contributed by atoms with Crippen molar-refractivity contribution in [3.63, 3.8) is 0 Å². The topological polar surface area (TPSA) is 29.5 Å². The quantitative estimate of drug-likeness (QED) is 0.593. The molecule has 0 aliphatic carbocycles. The minimum atomic E-state index is -0.373. The van der Waals surface area contributed by atoms with Crippen LogP contribution < -0.4 is 0 Å². The third-order valence-corrected chi connectivity index (χ3v) is 3.08. The van der Waals surface area contributed by atoms with Crippen molar-refractivity contribution in [2.75, 3.05) is 13.2 Å². The molecular weight excluding hydrogens is 248 g/mol. The van der Waals surface area contributed by atoms with Gasteiger partial charge >= 0.3 is 0 Å². The van der Waals surface area contributed by atoms with E-state index in [1.807, 2.05) is 39.0 Å². The van der Waals surface area contributed by atoms with Gasteiger partial charge in [-0.3, -0.25) is 0 Å². The molecule has 0 aromatic rings. The molecule has 0 amide bonds. The molecule has 1 unspecified atom stereocenters. The predicted molar refractivity (Wildman–Crippen MR) is 87.8 cm³/mol. The van der Waals surface area contributed by atoms with E-state index in [0.29, 0.717) is 13.2 Å². The SMILES string of the molecule is C/C=C\C(=C/C)CCCC(O)COCC(/C=C\C)=C/C. The van der Waals surface area contributed by atoms with Gasteiger partial charge in [0.25, 0.3) is 0 Å². The summed E-state index contributed by atoms with van der Waals surface area (Å²) in [6.45, 7) is 9.03. The summed E-state index contributed by atoms with van der Waals surface area (Å²) >= 11 is 0. The van der Waals surface area contributed by atoms with E-state index in [9.17, 15) is 5.11 Å².